The largest absolute Gasteiger partial charge is 0.429 e. The summed E-state index contributed by atoms with van der Waals surface area (Å²) in [4.78, 5) is 2.33. The van der Waals surface area contributed by atoms with E-state index >= 15 is 0 Å². The minimum Gasteiger partial charge on any atom is -0.370 e. The van der Waals surface area contributed by atoms with Gasteiger partial charge in [0.25, 0.3) is 20.0 Å². The Hall–Kier alpha value is -2.84. The molecule has 1 N–H and O–H groups in total. The molecule has 4 rings (SSSR count). The number of sulfonamides is 2. The van der Waals surface area contributed by atoms with Crippen LogP contribution in [0.2, 0.25) is 0 Å². The molecule has 1 aliphatic rings. The fourth-order valence-corrected chi connectivity index (χ4v) is 10.4. The van der Waals surface area contributed by atoms with E-state index in [4.69, 9.17) is 0 Å². The van der Waals surface area contributed by atoms with E-state index in [-0.39, 0.29) is 21.3 Å². The molecule has 246 valence electrons. The molecular formula is C26H25F6N2O7S4+. The van der Waals surface area contributed by atoms with Crippen molar-refractivity contribution in [2.75, 3.05) is 13.1 Å². The van der Waals surface area contributed by atoms with Crippen molar-refractivity contribution in [3.8, 4) is 5.75 Å². The van der Waals surface area contributed by atoms with E-state index in [1.54, 1.807) is 36.4 Å². The molecule has 3 aromatic rings. The Balaban J connectivity index is 1.56. The van der Waals surface area contributed by atoms with Crippen LogP contribution in [0, 0.1) is 0 Å². The average Bonchev–Trinajstić information content (AvgIpc) is 2.98. The molecule has 0 amide bonds. The Kier molecular flexibility index (Phi) is 9.92. The predicted octanol–water partition coefficient (Wildman–Crippen LogP) is 4.96. The van der Waals surface area contributed by atoms with Crippen LogP contribution in [0.3, 0.4) is 0 Å². The monoisotopic (exact) mass is 719 g/mol. The maximum Gasteiger partial charge on any atom is 0.429 e. The van der Waals surface area contributed by atoms with Gasteiger partial charge in [-0.3, -0.25) is 0 Å². The molecule has 0 aromatic heterocycles. The highest BCUT2D eigenvalue weighted by Gasteiger charge is 2.83. The first-order valence-corrected chi connectivity index (χ1v) is 18.4. The molecule has 1 aliphatic heterocycles. The molecule has 1 saturated heterocycles. The number of halogens is 6. The SMILES string of the molecule is O=S(=O)(NS(=O)(=O)C(F)(F)C(F)(F)C(F)(F)S(=O)(=O)N1CCCCC1)Oc1ccc([S+](c2ccccc2)c2ccccc2)cc1. The second-order valence-corrected chi connectivity index (χ2v) is 16.9. The zero-order valence-electron chi connectivity index (χ0n) is 22.8. The van der Waals surface area contributed by atoms with Gasteiger partial charge in [-0.25, -0.2) is 16.8 Å². The van der Waals surface area contributed by atoms with Crippen molar-refractivity contribution in [1.82, 2.24) is 8.43 Å². The summed E-state index contributed by atoms with van der Waals surface area (Å²) in [7, 11) is -20.4. The number of hydrogen-bond donors (Lipinski definition) is 1. The van der Waals surface area contributed by atoms with Crippen molar-refractivity contribution in [3.05, 3.63) is 84.9 Å². The fraction of sp³-hybridized carbons (Fsp3) is 0.308. The quantitative estimate of drug-likeness (QED) is 0.207. The van der Waals surface area contributed by atoms with Crippen LogP contribution in [0.5, 0.6) is 5.75 Å². The smallest absolute Gasteiger partial charge is 0.370 e. The van der Waals surface area contributed by atoms with Crippen molar-refractivity contribution < 1.29 is 55.8 Å². The minimum atomic E-state index is -7.27. The number of alkyl halides is 6. The lowest BCUT2D eigenvalue weighted by Crippen LogP contribution is -2.65. The summed E-state index contributed by atoms with van der Waals surface area (Å²) in [5, 5.41) is -13.6. The third kappa shape index (κ3) is 6.83. The number of nitrogens with one attached hydrogen (secondary N) is 1. The molecule has 45 heavy (non-hydrogen) atoms. The van der Waals surface area contributed by atoms with Crippen LogP contribution < -0.4 is 8.31 Å². The van der Waals surface area contributed by atoms with Crippen LogP contribution in [0.1, 0.15) is 19.3 Å². The van der Waals surface area contributed by atoms with E-state index in [1.165, 1.54) is 12.1 Å². The van der Waals surface area contributed by atoms with Crippen LogP contribution >= 0.6 is 0 Å². The van der Waals surface area contributed by atoms with Gasteiger partial charge in [0, 0.05) is 13.1 Å². The summed E-state index contributed by atoms with van der Waals surface area (Å²) in [5.41, 5.74) is 0. The molecule has 9 nitrogen and oxygen atoms in total. The van der Waals surface area contributed by atoms with Gasteiger partial charge in [-0.2, -0.15) is 39.1 Å². The van der Waals surface area contributed by atoms with Gasteiger partial charge in [-0.15, -0.1) is 0 Å². The van der Waals surface area contributed by atoms with E-state index in [1.807, 2.05) is 24.3 Å². The van der Waals surface area contributed by atoms with Crippen LogP contribution in [-0.4, -0.2) is 59.1 Å². The van der Waals surface area contributed by atoms with E-state index < -0.39 is 76.5 Å². The first-order valence-electron chi connectivity index (χ1n) is 12.9. The van der Waals surface area contributed by atoms with Crippen LogP contribution in [-0.2, 0) is 41.2 Å². The third-order valence-electron chi connectivity index (χ3n) is 6.48. The molecule has 0 saturated carbocycles. The first kappa shape index (κ1) is 35.0. The van der Waals surface area contributed by atoms with E-state index in [0.29, 0.717) is 11.3 Å². The fourth-order valence-electron chi connectivity index (χ4n) is 4.25. The molecule has 19 heteroatoms. The Morgan fingerprint density at radius 2 is 1.07 bits per heavy atom. The summed E-state index contributed by atoms with van der Waals surface area (Å²) in [6.45, 7) is -1.38. The molecule has 0 atom stereocenters. The second kappa shape index (κ2) is 12.7. The molecule has 0 aliphatic carbocycles. The number of nitrogens with zero attached hydrogens (tertiary/aromatic N) is 1. The summed E-state index contributed by atoms with van der Waals surface area (Å²) in [6.07, 6.45) is 0.282. The molecule has 3 aromatic carbocycles. The highest BCUT2D eigenvalue weighted by Crippen LogP contribution is 2.51. The van der Waals surface area contributed by atoms with Gasteiger partial charge in [-0.1, -0.05) is 46.9 Å². The summed E-state index contributed by atoms with van der Waals surface area (Å²) in [5.74, 6) is -7.77. The van der Waals surface area contributed by atoms with Gasteiger partial charge in [0.15, 0.2) is 14.7 Å². The topological polar surface area (TPSA) is 127 Å². The van der Waals surface area contributed by atoms with Crippen molar-refractivity contribution in [3.63, 3.8) is 0 Å². The molecule has 1 fully saturated rings. The second-order valence-electron chi connectivity index (χ2n) is 9.60. The lowest BCUT2D eigenvalue weighted by Gasteiger charge is -2.35. The van der Waals surface area contributed by atoms with Crippen LogP contribution in [0.25, 0.3) is 0 Å². The Labute approximate surface area is 258 Å². The highest BCUT2D eigenvalue weighted by atomic mass is 32.3. The third-order valence-corrected chi connectivity index (χ3v) is 13.7. The average molecular weight is 720 g/mol. The van der Waals surface area contributed by atoms with Gasteiger partial charge >= 0.3 is 26.7 Å². The first-order chi connectivity index (χ1) is 20.8. The van der Waals surface area contributed by atoms with Gasteiger partial charge in [0.2, 0.25) is 0 Å². The minimum absolute atomic E-state index is 0.0344. The summed E-state index contributed by atoms with van der Waals surface area (Å²) < 4.78 is 165. The van der Waals surface area contributed by atoms with Gasteiger partial charge in [0.1, 0.15) is 5.75 Å². The standard InChI is InChI=1S/C26H25F6N2O7S4/c27-24(28,26(31,32)44(37,38)34-18-8-3-9-19-34)25(29,30)43(35,36)33-45(39,40)41-20-14-16-23(17-15-20)42(21-10-4-1-5-11-21)22-12-6-2-7-13-22/h1-2,4-7,10-17,33H,3,8-9,18-19H2/q+1. The molecule has 0 unspecified atom stereocenters. The lowest BCUT2D eigenvalue weighted by molar-refractivity contribution is -0.245. The zero-order chi connectivity index (χ0) is 33.3. The number of benzene rings is 3. The van der Waals surface area contributed by atoms with Gasteiger partial charge < -0.3 is 4.18 Å². The molecule has 0 spiro atoms. The zero-order valence-corrected chi connectivity index (χ0v) is 26.1. The van der Waals surface area contributed by atoms with Crippen LogP contribution in [0.4, 0.5) is 26.3 Å². The van der Waals surface area contributed by atoms with Crippen molar-refractivity contribution in [1.29, 1.82) is 0 Å². The number of rotatable bonds is 12. The maximum atomic E-state index is 14.6. The summed E-state index contributed by atoms with van der Waals surface area (Å²) >= 11 is 0. The number of piperidine rings is 1. The van der Waals surface area contributed by atoms with Crippen LogP contribution in [0.15, 0.2) is 99.6 Å². The van der Waals surface area contributed by atoms with E-state index in [0.717, 1.165) is 21.9 Å². The molecular weight excluding hydrogens is 695 g/mol. The Morgan fingerprint density at radius 1 is 0.622 bits per heavy atom. The summed E-state index contributed by atoms with van der Waals surface area (Å²) in [6, 6.07) is 23.0. The Morgan fingerprint density at radius 3 is 1.53 bits per heavy atom. The highest BCUT2D eigenvalue weighted by molar-refractivity contribution is 8.03. The van der Waals surface area contributed by atoms with E-state index in [9.17, 15) is 51.6 Å². The van der Waals surface area contributed by atoms with Crippen molar-refractivity contribution in [2.45, 2.75) is 50.4 Å². The molecule has 0 bridgehead atoms. The van der Waals surface area contributed by atoms with E-state index in [2.05, 4.69) is 4.18 Å². The number of hydrogen-bond acceptors (Lipinski definition) is 7. The molecule has 1 heterocycles. The van der Waals surface area contributed by atoms with Crippen molar-refractivity contribution >= 4 is 41.2 Å². The maximum absolute atomic E-state index is 14.6. The lowest BCUT2D eigenvalue weighted by atomic mass is 10.2. The normalized spacial score (nSPS) is 16.1. The molecule has 0 radical (unpaired) electrons. The van der Waals surface area contributed by atoms with Gasteiger partial charge in [-0.05, 0) is 61.4 Å². The Bertz CT molecular complexity index is 1770. The predicted molar refractivity (Wildman–Crippen MR) is 152 cm³/mol. The van der Waals surface area contributed by atoms with Gasteiger partial charge in [0.05, 0.1) is 10.9 Å². The van der Waals surface area contributed by atoms with Crippen molar-refractivity contribution in [2.24, 2.45) is 0 Å².